The van der Waals surface area contributed by atoms with Gasteiger partial charge in [-0.15, -0.1) is 0 Å². The van der Waals surface area contributed by atoms with Crippen molar-refractivity contribution in [1.82, 2.24) is 0 Å². The summed E-state index contributed by atoms with van der Waals surface area (Å²) in [7, 11) is 0. The highest BCUT2D eigenvalue weighted by atomic mass is 16.6. The third-order valence-electron chi connectivity index (χ3n) is 5.21. The molecule has 0 atom stereocenters. The molecule has 0 aromatic heterocycles. The van der Waals surface area contributed by atoms with Gasteiger partial charge in [-0.1, -0.05) is 30.3 Å². The molecule has 0 spiro atoms. The van der Waals surface area contributed by atoms with Crippen molar-refractivity contribution in [2.45, 2.75) is 0 Å². The number of nitro benzene ring substituents is 2. The summed E-state index contributed by atoms with van der Waals surface area (Å²) in [5.74, 6) is -0.292. The number of carbonyl (C=O) groups is 1. The monoisotopic (exact) mass is 370 g/mol. The number of carbonyl (C=O) groups excluding carboxylic acids is 1. The molecule has 134 valence electrons. The van der Waals surface area contributed by atoms with Gasteiger partial charge in [-0.25, -0.2) is 0 Å². The van der Waals surface area contributed by atoms with Crippen molar-refractivity contribution in [2.75, 3.05) is 0 Å². The molecular formula is C21H10N2O5. The van der Waals surface area contributed by atoms with Crippen LogP contribution in [0.25, 0.3) is 32.7 Å². The number of non-ortho nitro benzene ring substituents is 2. The van der Waals surface area contributed by atoms with Crippen molar-refractivity contribution in [2.24, 2.45) is 0 Å². The number of nitrogens with zero attached hydrogens (tertiary/aromatic N) is 2. The van der Waals surface area contributed by atoms with E-state index in [4.69, 9.17) is 0 Å². The molecule has 1 aliphatic rings. The van der Waals surface area contributed by atoms with Crippen LogP contribution >= 0.6 is 0 Å². The molecule has 7 heteroatoms. The van der Waals surface area contributed by atoms with E-state index in [1.54, 1.807) is 48.5 Å². The standard InChI is InChI=1S/C21H10N2O5/c24-21-16-5-1-4-15-18(23(27)28)10-9-13(19(15)16)14-8-7-11-12(20(14)21)3-2-6-17(11)22(25)26/h1-10H. The zero-order valence-electron chi connectivity index (χ0n) is 14.2. The Morgan fingerprint density at radius 1 is 0.607 bits per heavy atom. The Kier molecular flexibility index (Phi) is 3.12. The second-order valence-electron chi connectivity index (χ2n) is 6.56. The second-order valence-corrected chi connectivity index (χ2v) is 6.56. The minimum Gasteiger partial charge on any atom is -0.289 e. The second kappa shape index (κ2) is 5.43. The highest BCUT2D eigenvalue weighted by molar-refractivity contribution is 6.31. The number of hydrogen-bond acceptors (Lipinski definition) is 5. The van der Waals surface area contributed by atoms with Crippen molar-refractivity contribution < 1.29 is 14.6 Å². The smallest absolute Gasteiger partial charge is 0.277 e. The van der Waals surface area contributed by atoms with Gasteiger partial charge in [0.05, 0.1) is 20.6 Å². The molecule has 0 fully saturated rings. The zero-order valence-corrected chi connectivity index (χ0v) is 14.2. The molecule has 1 aliphatic carbocycles. The molecule has 4 aromatic carbocycles. The minimum atomic E-state index is -0.472. The number of hydrogen-bond donors (Lipinski definition) is 0. The van der Waals surface area contributed by atoms with Crippen LogP contribution in [0.15, 0.2) is 60.7 Å². The summed E-state index contributed by atoms with van der Waals surface area (Å²) >= 11 is 0. The Morgan fingerprint density at radius 3 is 2.00 bits per heavy atom. The molecule has 0 saturated carbocycles. The average molecular weight is 370 g/mol. The van der Waals surface area contributed by atoms with E-state index in [9.17, 15) is 25.0 Å². The van der Waals surface area contributed by atoms with Crippen LogP contribution in [-0.4, -0.2) is 15.6 Å². The first kappa shape index (κ1) is 16.1. The van der Waals surface area contributed by atoms with Gasteiger partial charge in [0.1, 0.15) is 0 Å². The molecule has 0 radical (unpaired) electrons. The van der Waals surface area contributed by atoms with Crippen molar-refractivity contribution in [3.63, 3.8) is 0 Å². The quantitative estimate of drug-likeness (QED) is 0.320. The number of rotatable bonds is 2. The van der Waals surface area contributed by atoms with Gasteiger partial charge in [0.25, 0.3) is 11.4 Å². The number of nitro groups is 2. The fourth-order valence-corrected chi connectivity index (χ4v) is 4.07. The van der Waals surface area contributed by atoms with Crippen LogP contribution in [0.1, 0.15) is 15.9 Å². The lowest BCUT2D eigenvalue weighted by molar-refractivity contribution is -0.383. The van der Waals surface area contributed by atoms with Crippen molar-refractivity contribution in [3.8, 4) is 11.1 Å². The first-order valence-electron chi connectivity index (χ1n) is 8.44. The Balaban J connectivity index is 1.95. The van der Waals surface area contributed by atoms with E-state index in [1.807, 2.05) is 0 Å². The summed E-state index contributed by atoms with van der Waals surface area (Å²) in [6.07, 6.45) is 0. The maximum absolute atomic E-state index is 13.3. The molecule has 7 nitrogen and oxygen atoms in total. The lowest BCUT2D eigenvalue weighted by atomic mass is 9.80. The van der Waals surface area contributed by atoms with E-state index < -0.39 is 9.85 Å². The molecule has 0 bridgehead atoms. The third-order valence-corrected chi connectivity index (χ3v) is 5.21. The zero-order chi connectivity index (χ0) is 19.6. The Bertz CT molecular complexity index is 1390. The van der Waals surface area contributed by atoms with Crippen molar-refractivity contribution in [1.29, 1.82) is 0 Å². The largest absolute Gasteiger partial charge is 0.289 e. The van der Waals surface area contributed by atoms with E-state index in [0.717, 1.165) is 0 Å². The van der Waals surface area contributed by atoms with Gasteiger partial charge < -0.3 is 0 Å². The van der Waals surface area contributed by atoms with Gasteiger partial charge in [0.2, 0.25) is 0 Å². The Morgan fingerprint density at radius 2 is 1.25 bits per heavy atom. The topological polar surface area (TPSA) is 103 Å². The van der Waals surface area contributed by atoms with Gasteiger partial charge in [0, 0.05) is 34.0 Å². The molecule has 28 heavy (non-hydrogen) atoms. The summed E-state index contributed by atoms with van der Waals surface area (Å²) in [4.78, 5) is 35.2. The molecule has 0 unspecified atom stereocenters. The SMILES string of the molecule is O=C1c2c(ccc3c([N+](=O)[O-])cccc23)-c2ccc([N+](=O)[O-])c3cccc1c23. The maximum Gasteiger partial charge on any atom is 0.277 e. The average Bonchev–Trinajstić information content (AvgIpc) is 2.70. The van der Waals surface area contributed by atoms with Gasteiger partial charge in [-0.05, 0) is 29.3 Å². The molecule has 0 aliphatic heterocycles. The van der Waals surface area contributed by atoms with Crippen molar-refractivity contribution >= 4 is 38.7 Å². The normalized spacial score (nSPS) is 12.2. The van der Waals surface area contributed by atoms with Crippen LogP contribution < -0.4 is 0 Å². The van der Waals surface area contributed by atoms with Crippen LogP contribution in [0.2, 0.25) is 0 Å². The molecule has 4 aromatic rings. The highest BCUT2D eigenvalue weighted by Gasteiger charge is 2.30. The fraction of sp³-hybridized carbons (Fsp3) is 0. The van der Waals surface area contributed by atoms with E-state index >= 15 is 0 Å². The van der Waals surface area contributed by atoms with Gasteiger partial charge in [0.15, 0.2) is 5.78 Å². The fourth-order valence-electron chi connectivity index (χ4n) is 4.07. The van der Waals surface area contributed by atoms with E-state index in [0.29, 0.717) is 43.8 Å². The van der Waals surface area contributed by atoms with Crippen LogP contribution in [0.3, 0.4) is 0 Å². The number of fused-ring (bicyclic) bond motifs is 4. The van der Waals surface area contributed by atoms with E-state index in [-0.39, 0.29) is 17.2 Å². The lowest BCUT2D eigenvalue weighted by Gasteiger charge is -2.21. The summed E-state index contributed by atoms with van der Waals surface area (Å²) in [5, 5.41) is 24.6. The van der Waals surface area contributed by atoms with Crippen LogP contribution in [-0.2, 0) is 0 Å². The van der Waals surface area contributed by atoms with E-state index in [1.165, 1.54) is 12.1 Å². The molecule has 0 heterocycles. The maximum atomic E-state index is 13.3. The van der Waals surface area contributed by atoms with E-state index in [2.05, 4.69) is 0 Å². The van der Waals surface area contributed by atoms with Gasteiger partial charge in [-0.2, -0.15) is 0 Å². The van der Waals surface area contributed by atoms with Crippen LogP contribution in [0, 0.1) is 20.2 Å². The molecule has 0 N–H and O–H groups in total. The van der Waals surface area contributed by atoms with Gasteiger partial charge >= 0.3 is 0 Å². The van der Waals surface area contributed by atoms with Gasteiger partial charge in [-0.3, -0.25) is 25.0 Å². The van der Waals surface area contributed by atoms with Crippen LogP contribution in [0.5, 0.6) is 0 Å². The highest BCUT2D eigenvalue weighted by Crippen LogP contribution is 2.45. The lowest BCUT2D eigenvalue weighted by Crippen LogP contribution is -2.11. The summed E-state index contributed by atoms with van der Waals surface area (Å²) < 4.78 is 0. The summed E-state index contributed by atoms with van der Waals surface area (Å²) in [6, 6.07) is 15.9. The molecule has 0 saturated heterocycles. The van der Waals surface area contributed by atoms with Crippen molar-refractivity contribution in [3.05, 3.63) is 92.0 Å². The first-order valence-corrected chi connectivity index (χ1v) is 8.44. The predicted molar refractivity (Wildman–Crippen MR) is 104 cm³/mol. The first-order chi connectivity index (χ1) is 13.5. The Labute approximate surface area is 157 Å². The molecular weight excluding hydrogens is 360 g/mol. The number of benzene rings is 4. The third kappa shape index (κ3) is 1.95. The summed E-state index contributed by atoms with van der Waals surface area (Å²) in [5.41, 5.74) is 1.95. The van der Waals surface area contributed by atoms with Crippen LogP contribution in [0.4, 0.5) is 11.4 Å². The number of ketones is 1. The molecule has 5 rings (SSSR count). The summed E-state index contributed by atoms with van der Waals surface area (Å²) in [6.45, 7) is 0. The predicted octanol–water partition coefficient (Wildman–Crippen LogP) is 5.02. The minimum absolute atomic E-state index is 0.0618. The Hall–Kier alpha value is -4.13. The molecule has 0 amide bonds.